The SMILES string of the molecule is CC/C=C\C/C=C\C/C=C\C/C=C\C/C=C\C/C=C\C/C=C\CCCCCCCCCCCC(=O)OCC(COC(=O)CCCCCCCCC/C=C\C/C=C\C/C=C\CC)OC(=O)CCCCCC/C=C\C/C=C\C/C=C\C/C=C\CC. The Morgan fingerprint density at radius 1 is 0.241 bits per heavy atom. The number of esters is 3. The number of carbonyl (C=O) groups excluding carboxylic acids is 3. The normalized spacial score (nSPS) is 13.2. The molecular formula is C77H122O6. The molecule has 0 saturated carbocycles. The Morgan fingerprint density at radius 2 is 0.434 bits per heavy atom. The van der Waals surface area contributed by atoms with Gasteiger partial charge in [-0.15, -0.1) is 0 Å². The fourth-order valence-electron chi connectivity index (χ4n) is 8.78. The molecule has 6 heteroatoms. The summed E-state index contributed by atoms with van der Waals surface area (Å²) in [5.41, 5.74) is 0. The number of allylic oxidation sites excluding steroid dienone is 28. The summed E-state index contributed by atoms with van der Waals surface area (Å²) < 4.78 is 16.9. The van der Waals surface area contributed by atoms with Crippen LogP contribution < -0.4 is 0 Å². The van der Waals surface area contributed by atoms with Crippen LogP contribution in [-0.4, -0.2) is 37.2 Å². The highest BCUT2D eigenvalue weighted by Crippen LogP contribution is 2.15. The van der Waals surface area contributed by atoms with E-state index in [0.717, 1.165) is 173 Å². The third-order valence-corrected chi connectivity index (χ3v) is 13.7. The molecule has 0 aliphatic rings. The second-order valence-corrected chi connectivity index (χ2v) is 21.6. The van der Waals surface area contributed by atoms with Gasteiger partial charge in [0, 0.05) is 19.3 Å². The predicted molar refractivity (Wildman–Crippen MR) is 361 cm³/mol. The van der Waals surface area contributed by atoms with Gasteiger partial charge in [0.05, 0.1) is 0 Å². The van der Waals surface area contributed by atoms with Crippen LogP contribution in [0.1, 0.15) is 278 Å². The van der Waals surface area contributed by atoms with Gasteiger partial charge in [-0.05, 0) is 148 Å². The van der Waals surface area contributed by atoms with E-state index in [0.29, 0.717) is 12.8 Å². The van der Waals surface area contributed by atoms with E-state index in [9.17, 15) is 14.4 Å². The van der Waals surface area contributed by atoms with Gasteiger partial charge in [-0.1, -0.05) is 281 Å². The number of ether oxygens (including phenoxy) is 3. The van der Waals surface area contributed by atoms with Crippen molar-refractivity contribution >= 4 is 17.9 Å². The Bertz CT molecular complexity index is 1890. The highest BCUT2D eigenvalue weighted by molar-refractivity contribution is 5.71. The first kappa shape index (κ1) is 77.8. The molecule has 0 saturated heterocycles. The van der Waals surface area contributed by atoms with Gasteiger partial charge in [0.1, 0.15) is 13.2 Å². The van der Waals surface area contributed by atoms with Crippen molar-refractivity contribution in [2.75, 3.05) is 13.2 Å². The van der Waals surface area contributed by atoms with Gasteiger partial charge in [-0.25, -0.2) is 0 Å². The lowest BCUT2D eigenvalue weighted by Gasteiger charge is -2.18. The lowest BCUT2D eigenvalue weighted by molar-refractivity contribution is -0.167. The summed E-state index contributed by atoms with van der Waals surface area (Å²) in [6.45, 7) is 6.27. The maximum atomic E-state index is 12.9. The molecule has 0 radical (unpaired) electrons. The van der Waals surface area contributed by atoms with Crippen LogP contribution in [0.3, 0.4) is 0 Å². The first-order chi connectivity index (χ1) is 41.0. The zero-order chi connectivity index (χ0) is 59.9. The van der Waals surface area contributed by atoms with E-state index in [1.165, 1.54) is 64.2 Å². The maximum absolute atomic E-state index is 12.9. The van der Waals surface area contributed by atoms with Gasteiger partial charge in [0.2, 0.25) is 0 Å². The van der Waals surface area contributed by atoms with Crippen molar-refractivity contribution < 1.29 is 28.6 Å². The van der Waals surface area contributed by atoms with Crippen molar-refractivity contribution in [3.8, 4) is 0 Å². The molecule has 0 aromatic heterocycles. The van der Waals surface area contributed by atoms with Crippen LogP contribution in [0.2, 0.25) is 0 Å². The van der Waals surface area contributed by atoms with Gasteiger partial charge in [0.25, 0.3) is 0 Å². The van der Waals surface area contributed by atoms with Gasteiger partial charge in [-0.2, -0.15) is 0 Å². The minimum Gasteiger partial charge on any atom is -0.462 e. The van der Waals surface area contributed by atoms with Crippen LogP contribution in [0.4, 0.5) is 0 Å². The van der Waals surface area contributed by atoms with E-state index in [-0.39, 0.29) is 37.5 Å². The van der Waals surface area contributed by atoms with Gasteiger partial charge in [0.15, 0.2) is 6.10 Å². The van der Waals surface area contributed by atoms with Gasteiger partial charge in [-0.3, -0.25) is 14.4 Å². The fourth-order valence-corrected chi connectivity index (χ4v) is 8.78. The molecule has 0 fully saturated rings. The largest absolute Gasteiger partial charge is 0.462 e. The second-order valence-electron chi connectivity index (χ2n) is 21.6. The lowest BCUT2D eigenvalue weighted by Crippen LogP contribution is -2.30. The summed E-state index contributed by atoms with van der Waals surface area (Å²) in [6, 6.07) is 0. The third kappa shape index (κ3) is 67.4. The molecule has 0 spiro atoms. The topological polar surface area (TPSA) is 78.9 Å². The van der Waals surface area contributed by atoms with E-state index in [1.54, 1.807) is 0 Å². The lowest BCUT2D eigenvalue weighted by atomic mass is 10.1. The van der Waals surface area contributed by atoms with E-state index in [2.05, 4.69) is 191 Å². The molecule has 0 amide bonds. The molecule has 0 heterocycles. The van der Waals surface area contributed by atoms with Crippen molar-refractivity contribution in [3.63, 3.8) is 0 Å². The average Bonchev–Trinajstić information content (AvgIpc) is 3.49. The molecule has 0 aliphatic carbocycles. The van der Waals surface area contributed by atoms with Crippen molar-refractivity contribution in [2.45, 2.75) is 284 Å². The van der Waals surface area contributed by atoms with Crippen LogP contribution in [0.5, 0.6) is 0 Å². The summed E-state index contributed by atoms with van der Waals surface area (Å²) in [6.07, 6.45) is 102. The molecule has 1 unspecified atom stereocenters. The van der Waals surface area contributed by atoms with Gasteiger partial charge < -0.3 is 14.2 Å². The van der Waals surface area contributed by atoms with Crippen molar-refractivity contribution in [2.24, 2.45) is 0 Å². The molecular weight excluding hydrogens is 1020 g/mol. The van der Waals surface area contributed by atoms with Gasteiger partial charge >= 0.3 is 17.9 Å². The molecule has 0 aromatic rings. The van der Waals surface area contributed by atoms with Crippen molar-refractivity contribution in [3.05, 3.63) is 170 Å². The highest BCUT2D eigenvalue weighted by Gasteiger charge is 2.19. The number of hydrogen-bond acceptors (Lipinski definition) is 6. The molecule has 6 nitrogen and oxygen atoms in total. The maximum Gasteiger partial charge on any atom is 0.306 e. The van der Waals surface area contributed by atoms with Crippen LogP contribution >= 0.6 is 0 Å². The average molecular weight is 1140 g/mol. The Labute approximate surface area is 511 Å². The van der Waals surface area contributed by atoms with E-state index < -0.39 is 6.10 Å². The Morgan fingerprint density at radius 3 is 0.675 bits per heavy atom. The molecule has 0 aromatic carbocycles. The standard InChI is InChI=1S/C77H122O6/c1-4-7-10-13-16-19-22-25-28-31-32-33-34-35-36-37-38-39-40-41-42-43-44-47-49-52-55-58-61-64-67-70-76(79)82-73-74(83-77(80)71-68-65-62-59-56-53-50-46-30-27-24-21-18-15-12-9-6-3)72-81-75(78)69-66-63-60-57-54-51-48-45-29-26-23-20-17-14-11-8-5-2/h7-12,16-21,25-30,32-33,35-36,38-39,41-42,50,53,74H,4-6,13-15,22-24,31,34,37,40,43-49,51-52,54-73H2,1-3H3/b10-7-,11-8-,12-9-,19-16-,20-17-,21-18-,28-25-,29-26-,30-27-,33-32-,36-35-,39-38-,42-41-,53-50-. The Kier molecular flexibility index (Phi) is 64.9. The summed E-state index contributed by atoms with van der Waals surface area (Å²) in [7, 11) is 0. The zero-order valence-corrected chi connectivity index (χ0v) is 53.4. The fraction of sp³-hybridized carbons (Fsp3) is 0.597. The zero-order valence-electron chi connectivity index (χ0n) is 53.4. The van der Waals surface area contributed by atoms with Crippen LogP contribution in [0.15, 0.2) is 170 Å². The Hall–Kier alpha value is -5.23. The van der Waals surface area contributed by atoms with Crippen molar-refractivity contribution in [1.82, 2.24) is 0 Å². The minimum absolute atomic E-state index is 0.101. The Balaban J connectivity index is 4.39. The molecule has 1 atom stereocenters. The van der Waals surface area contributed by atoms with Crippen LogP contribution in [-0.2, 0) is 28.6 Å². The van der Waals surface area contributed by atoms with Crippen molar-refractivity contribution in [1.29, 1.82) is 0 Å². The first-order valence-corrected chi connectivity index (χ1v) is 33.6. The van der Waals surface area contributed by atoms with Crippen LogP contribution in [0.25, 0.3) is 0 Å². The molecule has 466 valence electrons. The van der Waals surface area contributed by atoms with E-state index in [4.69, 9.17) is 14.2 Å². The quantitative estimate of drug-likeness (QED) is 0.0261. The van der Waals surface area contributed by atoms with Crippen LogP contribution in [0, 0.1) is 0 Å². The monoisotopic (exact) mass is 1140 g/mol. The summed E-state index contributed by atoms with van der Waals surface area (Å²) in [5, 5.41) is 0. The summed E-state index contributed by atoms with van der Waals surface area (Å²) >= 11 is 0. The molecule has 83 heavy (non-hydrogen) atoms. The minimum atomic E-state index is -0.808. The number of unbranched alkanes of at least 4 members (excludes halogenated alkanes) is 20. The number of rotatable bonds is 59. The summed E-state index contributed by atoms with van der Waals surface area (Å²) in [4.78, 5) is 38.4. The smallest absolute Gasteiger partial charge is 0.306 e. The number of carbonyl (C=O) groups is 3. The highest BCUT2D eigenvalue weighted by atomic mass is 16.6. The third-order valence-electron chi connectivity index (χ3n) is 13.7. The molecule has 0 bridgehead atoms. The van der Waals surface area contributed by atoms with E-state index >= 15 is 0 Å². The first-order valence-electron chi connectivity index (χ1n) is 33.6. The second kappa shape index (κ2) is 69.3. The predicted octanol–water partition coefficient (Wildman–Crippen LogP) is 23.4. The molecule has 0 rings (SSSR count). The molecule has 0 aliphatic heterocycles. The number of hydrogen-bond donors (Lipinski definition) is 0. The van der Waals surface area contributed by atoms with E-state index in [1.807, 2.05) is 0 Å². The molecule has 0 N–H and O–H groups in total. The summed E-state index contributed by atoms with van der Waals surface area (Å²) in [5.74, 6) is -0.942.